The molecule has 228 valence electrons. The molecule has 0 radical (unpaired) electrons. The van der Waals surface area contributed by atoms with E-state index in [1.165, 1.54) is 0 Å². The molecule has 0 amide bonds. The van der Waals surface area contributed by atoms with Crippen molar-refractivity contribution in [2.24, 2.45) is 0 Å². The van der Waals surface area contributed by atoms with Gasteiger partial charge in [0.15, 0.2) is 0 Å². The fourth-order valence-electron chi connectivity index (χ4n) is 5.20. The van der Waals surface area contributed by atoms with Crippen molar-refractivity contribution < 1.29 is 9.47 Å². The van der Waals surface area contributed by atoms with Gasteiger partial charge >= 0.3 is 0 Å². The average Bonchev–Trinajstić information content (AvgIpc) is 3.47. The minimum Gasteiger partial charge on any atom is -0.493 e. The average molecular weight is 635 g/mol. The summed E-state index contributed by atoms with van der Waals surface area (Å²) >= 11 is 3.12. The number of benzene rings is 3. The van der Waals surface area contributed by atoms with Gasteiger partial charge in [-0.2, -0.15) is 5.26 Å². The largest absolute Gasteiger partial charge is 0.493 e. The number of thioether (sulfide) groups is 1. The summed E-state index contributed by atoms with van der Waals surface area (Å²) in [7, 11) is 0. The number of nitriles is 1. The van der Waals surface area contributed by atoms with Gasteiger partial charge in [0.2, 0.25) is 5.95 Å². The zero-order valence-electron chi connectivity index (χ0n) is 25.0. The number of hydrogen-bond donors (Lipinski definition) is 2. The third-order valence-electron chi connectivity index (χ3n) is 7.35. The molecule has 1 aliphatic heterocycles. The molecule has 3 heterocycles. The lowest BCUT2D eigenvalue weighted by Gasteiger charge is -2.26. The van der Waals surface area contributed by atoms with Gasteiger partial charge in [0.05, 0.1) is 27.0 Å². The molecule has 6 rings (SSSR count). The third-order valence-corrected chi connectivity index (χ3v) is 9.68. The topological polar surface area (TPSA) is 95.3 Å². The zero-order chi connectivity index (χ0) is 30.8. The number of nitrogens with one attached hydrogen (secondary N) is 2. The van der Waals surface area contributed by atoms with Crippen molar-refractivity contribution in [3.05, 3.63) is 96.7 Å². The van der Waals surface area contributed by atoms with Crippen molar-refractivity contribution in [3.63, 3.8) is 0 Å². The molecule has 10 heteroatoms. The van der Waals surface area contributed by atoms with Crippen LogP contribution in [0.2, 0.25) is 0 Å². The van der Waals surface area contributed by atoms with Crippen molar-refractivity contribution >= 4 is 34.7 Å². The van der Waals surface area contributed by atoms with Crippen LogP contribution in [0, 0.1) is 11.3 Å². The van der Waals surface area contributed by atoms with Gasteiger partial charge in [-0.25, -0.2) is 9.97 Å². The summed E-state index contributed by atoms with van der Waals surface area (Å²) in [4.78, 5) is 12.7. The van der Waals surface area contributed by atoms with Crippen LogP contribution >= 0.6 is 23.1 Å². The highest BCUT2D eigenvalue weighted by atomic mass is 32.2. The Hall–Kier alpha value is -4.40. The highest BCUT2D eigenvalue weighted by molar-refractivity contribution is 8.00. The number of para-hydroxylation sites is 1. The summed E-state index contributed by atoms with van der Waals surface area (Å²) in [6.07, 6.45) is 4.71. The number of thiophene rings is 1. The molecule has 5 aromatic rings. The van der Waals surface area contributed by atoms with E-state index in [0.29, 0.717) is 23.9 Å². The second-order valence-electron chi connectivity index (χ2n) is 10.4. The number of aromatic nitrogens is 2. The first kappa shape index (κ1) is 30.6. The Bertz CT molecular complexity index is 1770. The summed E-state index contributed by atoms with van der Waals surface area (Å²) in [6, 6.07) is 29.7. The lowest BCUT2D eigenvalue weighted by Crippen LogP contribution is -2.43. The van der Waals surface area contributed by atoms with Gasteiger partial charge in [0.1, 0.15) is 23.3 Å². The van der Waals surface area contributed by atoms with E-state index in [1.54, 1.807) is 29.3 Å². The van der Waals surface area contributed by atoms with Crippen molar-refractivity contribution in [1.82, 2.24) is 20.2 Å². The Labute approximate surface area is 272 Å². The van der Waals surface area contributed by atoms with Gasteiger partial charge < -0.3 is 25.0 Å². The van der Waals surface area contributed by atoms with Crippen LogP contribution in [0.3, 0.4) is 0 Å². The highest BCUT2D eigenvalue weighted by Gasteiger charge is 2.22. The number of nitrogens with zero attached hydrogens (tertiary/aromatic N) is 4. The van der Waals surface area contributed by atoms with Gasteiger partial charge in [-0.15, -0.1) is 23.1 Å². The van der Waals surface area contributed by atoms with Crippen molar-refractivity contribution in [3.8, 4) is 45.0 Å². The fourth-order valence-corrected chi connectivity index (χ4v) is 7.11. The van der Waals surface area contributed by atoms with E-state index in [-0.39, 0.29) is 0 Å². The van der Waals surface area contributed by atoms with E-state index in [9.17, 15) is 5.26 Å². The van der Waals surface area contributed by atoms with Crippen LogP contribution in [-0.2, 0) is 0 Å². The number of piperazine rings is 1. The second-order valence-corrected chi connectivity index (χ2v) is 12.5. The van der Waals surface area contributed by atoms with Gasteiger partial charge in [-0.1, -0.05) is 36.4 Å². The fraction of sp³-hybridized carbons (Fsp3) is 0.229. The molecule has 0 atom stereocenters. The van der Waals surface area contributed by atoms with Crippen LogP contribution in [0.1, 0.15) is 12.0 Å². The summed E-state index contributed by atoms with van der Waals surface area (Å²) in [5, 5.41) is 17.0. The highest BCUT2D eigenvalue weighted by Crippen LogP contribution is 2.46. The summed E-state index contributed by atoms with van der Waals surface area (Å²) in [5.41, 5.74) is 3.94. The number of ether oxygens (including phenoxy) is 2. The molecule has 0 bridgehead atoms. The summed E-state index contributed by atoms with van der Waals surface area (Å²) in [6.45, 7) is 6.01. The Kier molecular flexibility index (Phi) is 10.2. The van der Waals surface area contributed by atoms with Crippen LogP contribution < -0.4 is 20.1 Å². The van der Waals surface area contributed by atoms with Crippen LogP contribution in [0.4, 0.5) is 11.6 Å². The van der Waals surface area contributed by atoms with Crippen LogP contribution in [0.5, 0.6) is 17.2 Å². The number of hydrogen-bond acceptors (Lipinski definition) is 10. The quantitative estimate of drug-likeness (QED) is 0.106. The standard InChI is InChI=1S/C35H34N6O2S2/c1-44-34-30(24-36)32(25-8-5-13-29(22-25)43-27-10-3-2-4-11-27)33(45-34)31-14-15-38-35(40-31)39-26-9-6-12-28(23-26)42-21-7-18-41-19-16-37-17-20-41/h2-6,8-15,22-23,37H,7,16-21H2,1H3,(H,38,39,40). The second kappa shape index (κ2) is 15.1. The van der Waals surface area contributed by atoms with Gasteiger partial charge in [0.25, 0.3) is 0 Å². The lowest BCUT2D eigenvalue weighted by molar-refractivity contribution is 0.214. The molecule has 3 aromatic carbocycles. The molecule has 1 saturated heterocycles. The van der Waals surface area contributed by atoms with E-state index >= 15 is 0 Å². The first-order valence-corrected chi connectivity index (χ1v) is 16.9. The predicted molar refractivity (Wildman–Crippen MR) is 183 cm³/mol. The summed E-state index contributed by atoms with van der Waals surface area (Å²) in [5.74, 6) is 2.72. The zero-order valence-corrected chi connectivity index (χ0v) is 26.7. The Balaban J connectivity index is 1.21. The molecular weight excluding hydrogens is 601 g/mol. The van der Waals surface area contributed by atoms with E-state index in [4.69, 9.17) is 14.5 Å². The molecule has 0 saturated carbocycles. The van der Waals surface area contributed by atoms with Crippen molar-refractivity contribution in [2.75, 3.05) is 50.9 Å². The van der Waals surface area contributed by atoms with Gasteiger partial charge in [-0.05, 0) is 60.7 Å². The van der Waals surface area contributed by atoms with E-state index in [0.717, 1.165) is 82.2 Å². The molecule has 0 aliphatic carbocycles. The molecule has 1 aliphatic rings. The molecule has 2 N–H and O–H groups in total. The van der Waals surface area contributed by atoms with Gasteiger partial charge in [0, 0.05) is 56.2 Å². The normalized spacial score (nSPS) is 13.2. The minimum atomic E-state index is 0.466. The monoisotopic (exact) mass is 634 g/mol. The van der Waals surface area contributed by atoms with Crippen LogP contribution in [0.15, 0.2) is 95.3 Å². The maximum atomic E-state index is 10.2. The number of anilines is 2. The van der Waals surface area contributed by atoms with E-state index in [2.05, 4.69) is 26.6 Å². The lowest BCUT2D eigenvalue weighted by atomic mass is 10.0. The van der Waals surface area contributed by atoms with Crippen molar-refractivity contribution in [2.45, 2.75) is 10.6 Å². The van der Waals surface area contributed by atoms with Crippen LogP contribution in [-0.4, -0.2) is 60.5 Å². The summed E-state index contributed by atoms with van der Waals surface area (Å²) < 4.78 is 13.1. The molecule has 0 spiro atoms. The number of rotatable bonds is 12. The molecule has 1 fully saturated rings. The molecular formula is C35H34N6O2S2. The third kappa shape index (κ3) is 7.82. The van der Waals surface area contributed by atoms with Gasteiger partial charge in [-0.3, -0.25) is 0 Å². The Morgan fingerprint density at radius 3 is 2.60 bits per heavy atom. The molecule has 2 aromatic heterocycles. The van der Waals surface area contributed by atoms with Crippen LogP contribution in [0.25, 0.3) is 21.7 Å². The first-order valence-electron chi connectivity index (χ1n) is 14.9. The van der Waals surface area contributed by atoms with E-state index < -0.39 is 0 Å². The SMILES string of the molecule is CSc1sc(-c2ccnc(Nc3cccc(OCCCN4CCNCC4)c3)n2)c(-c2cccc(Oc3ccccc3)c2)c1C#N. The molecule has 0 unspecified atom stereocenters. The Morgan fingerprint density at radius 2 is 1.78 bits per heavy atom. The molecule has 8 nitrogen and oxygen atoms in total. The van der Waals surface area contributed by atoms with Crippen molar-refractivity contribution in [1.29, 1.82) is 5.26 Å². The van der Waals surface area contributed by atoms with E-state index in [1.807, 2.05) is 91.2 Å². The first-order chi connectivity index (χ1) is 22.2. The maximum absolute atomic E-state index is 10.2. The Morgan fingerprint density at radius 1 is 0.978 bits per heavy atom. The predicted octanol–water partition coefficient (Wildman–Crippen LogP) is 7.68. The smallest absolute Gasteiger partial charge is 0.227 e. The maximum Gasteiger partial charge on any atom is 0.227 e. The minimum absolute atomic E-state index is 0.466. The molecule has 45 heavy (non-hydrogen) atoms.